The molecule has 2 rings (SSSR count). The number of carbonyl (C=O) groups is 3. The van der Waals surface area contributed by atoms with Gasteiger partial charge in [0.15, 0.2) is 12.9 Å². The molecule has 6 nitrogen and oxygen atoms in total. The smallest absolute Gasteiger partial charge is 0.258 e. The van der Waals surface area contributed by atoms with Crippen molar-refractivity contribution < 1.29 is 19.1 Å². The van der Waals surface area contributed by atoms with Gasteiger partial charge in [-0.25, -0.2) is 0 Å². The molecule has 136 valence electrons. The summed E-state index contributed by atoms with van der Waals surface area (Å²) < 4.78 is 5.37. The lowest BCUT2D eigenvalue weighted by Gasteiger charge is -2.10. The first-order chi connectivity index (χ1) is 12.5. The molecule has 0 unspecified atom stereocenters. The Morgan fingerprint density at radius 1 is 1.08 bits per heavy atom. The lowest BCUT2D eigenvalue weighted by molar-refractivity contribution is -0.123. The Balaban J connectivity index is 1.80. The number of aldehydes is 1. The average Bonchev–Trinajstić information content (AvgIpc) is 2.65. The van der Waals surface area contributed by atoms with Crippen molar-refractivity contribution in [1.29, 1.82) is 0 Å². The number of nitrogens with one attached hydrogen (secondary N) is 2. The van der Waals surface area contributed by atoms with Crippen LogP contribution < -0.4 is 15.4 Å². The zero-order valence-electron chi connectivity index (χ0n) is 14.8. The number of amides is 2. The highest BCUT2D eigenvalue weighted by Crippen LogP contribution is 2.15. The fourth-order valence-electron chi connectivity index (χ4n) is 2.10. The molecule has 2 aromatic rings. The fraction of sp³-hybridized carbons (Fsp3) is 0.250. The van der Waals surface area contributed by atoms with Crippen molar-refractivity contribution in [3.8, 4) is 5.75 Å². The second-order valence-corrected chi connectivity index (χ2v) is 6.06. The normalized spacial score (nSPS) is 10.3. The summed E-state index contributed by atoms with van der Waals surface area (Å²) in [5.74, 6) is -0.0390. The van der Waals surface area contributed by atoms with Crippen molar-refractivity contribution in [1.82, 2.24) is 5.32 Å². The second-order valence-electron chi connectivity index (χ2n) is 6.06. The fourth-order valence-corrected chi connectivity index (χ4v) is 2.10. The maximum absolute atomic E-state index is 11.9. The van der Waals surface area contributed by atoms with E-state index in [1.165, 1.54) is 0 Å². The van der Waals surface area contributed by atoms with Gasteiger partial charge in [-0.05, 0) is 29.8 Å². The molecular weight excluding hydrogens is 332 g/mol. The number of anilines is 1. The van der Waals surface area contributed by atoms with Crippen LogP contribution in [0.25, 0.3) is 0 Å². The number of hydrogen-bond acceptors (Lipinski definition) is 4. The Bertz CT molecular complexity index is 770. The molecule has 0 aliphatic carbocycles. The van der Waals surface area contributed by atoms with Gasteiger partial charge in [0.1, 0.15) is 5.75 Å². The van der Waals surface area contributed by atoms with Crippen molar-refractivity contribution in [2.24, 2.45) is 5.92 Å². The minimum atomic E-state index is -0.289. The van der Waals surface area contributed by atoms with Crippen molar-refractivity contribution in [2.45, 2.75) is 20.4 Å². The van der Waals surface area contributed by atoms with Gasteiger partial charge in [-0.3, -0.25) is 14.4 Å². The van der Waals surface area contributed by atoms with E-state index in [1.54, 1.807) is 36.4 Å². The molecule has 0 aromatic heterocycles. The van der Waals surface area contributed by atoms with Gasteiger partial charge in [-0.15, -0.1) is 0 Å². The highest BCUT2D eigenvalue weighted by atomic mass is 16.5. The van der Waals surface area contributed by atoms with Gasteiger partial charge in [0.05, 0.1) is 5.56 Å². The van der Waals surface area contributed by atoms with E-state index in [9.17, 15) is 14.4 Å². The minimum absolute atomic E-state index is 0.0428. The third-order valence-corrected chi connectivity index (χ3v) is 3.64. The molecule has 0 bridgehead atoms. The van der Waals surface area contributed by atoms with Crippen LogP contribution in [0.2, 0.25) is 0 Å². The number of ether oxygens (including phenoxy) is 1. The molecule has 0 spiro atoms. The van der Waals surface area contributed by atoms with Crippen LogP contribution in [0.5, 0.6) is 5.75 Å². The van der Waals surface area contributed by atoms with Crippen molar-refractivity contribution in [3.05, 3.63) is 59.7 Å². The third kappa shape index (κ3) is 5.73. The lowest BCUT2D eigenvalue weighted by atomic mass is 10.1. The molecule has 6 heteroatoms. The van der Waals surface area contributed by atoms with E-state index in [0.717, 1.165) is 5.56 Å². The van der Waals surface area contributed by atoms with E-state index < -0.39 is 0 Å². The molecular formula is C20H22N2O4. The molecule has 2 N–H and O–H groups in total. The predicted octanol–water partition coefficient (Wildman–Crippen LogP) is 2.79. The summed E-state index contributed by atoms with van der Waals surface area (Å²) in [5, 5.41) is 5.55. The van der Waals surface area contributed by atoms with Crippen molar-refractivity contribution >= 4 is 23.8 Å². The van der Waals surface area contributed by atoms with Crippen molar-refractivity contribution in [3.63, 3.8) is 0 Å². The highest BCUT2D eigenvalue weighted by Gasteiger charge is 2.08. The number of hydrogen-bond donors (Lipinski definition) is 2. The van der Waals surface area contributed by atoms with Crippen LogP contribution in [0.3, 0.4) is 0 Å². The summed E-state index contributed by atoms with van der Waals surface area (Å²) in [7, 11) is 0. The SMILES string of the molecule is CC(C)C(=O)Nc1ccc(CNC(=O)COc2ccccc2C=O)cc1. The Morgan fingerprint density at radius 2 is 1.77 bits per heavy atom. The molecule has 0 atom stereocenters. The molecule has 0 radical (unpaired) electrons. The maximum Gasteiger partial charge on any atom is 0.258 e. The number of rotatable bonds is 8. The summed E-state index contributed by atoms with van der Waals surface area (Å²) in [4.78, 5) is 34.4. The van der Waals surface area contributed by atoms with Gasteiger partial charge in [-0.1, -0.05) is 38.1 Å². The van der Waals surface area contributed by atoms with Gasteiger partial charge >= 0.3 is 0 Å². The largest absolute Gasteiger partial charge is 0.483 e. The molecule has 0 fully saturated rings. The minimum Gasteiger partial charge on any atom is -0.483 e. The maximum atomic E-state index is 11.9. The Labute approximate surface area is 152 Å². The van der Waals surface area contributed by atoms with Crippen LogP contribution in [0.4, 0.5) is 5.69 Å². The number of para-hydroxylation sites is 1. The van der Waals surface area contributed by atoms with E-state index in [1.807, 2.05) is 26.0 Å². The zero-order valence-corrected chi connectivity index (χ0v) is 14.8. The molecule has 0 saturated heterocycles. The summed E-state index contributed by atoms with van der Waals surface area (Å²) >= 11 is 0. The number of benzene rings is 2. The molecule has 0 aliphatic rings. The van der Waals surface area contributed by atoms with Gasteiger partial charge in [0.2, 0.25) is 5.91 Å². The lowest BCUT2D eigenvalue weighted by Crippen LogP contribution is -2.28. The first-order valence-electron chi connectivity index (χ1n) is 8.33. The summed E-state index contributed by atoms with van der Waals surface area (Å²) in [6.07, 6.45) is 0.687. The van der Waals surface area contributed by atoms with E-state index in [-0.39, 0.29) is 24.3 Å². The topological polar surface area (TPSA) is 84.5 Å². The Hall–Kier alpha value is -3.15. The zero-order chi connectivity index (χ0) is 18.9. The van der Waals surface area contributed by atoms with Crippen LogP contribution in [-0.4, -0.2) is 24.7 Å². The first kappa shape index (κ1) is 19.2. The van der Waals surface area contributed by atoms with Crippen LogP contribution >= 0.6 is 0 Å². The van der Waals surface area contributed by atoms with Gasteiger partial charge in [0.25, 0.3) is 5.91 Å². The molecule has 0 saturated carbocycles. The van der Waals surface area contributed by atoms with Gasteiger partial charge in [-0.2, -0.15) is 0 Å². The van der Waals surface area contributed by atoms with E-state index in [0.29, 0.717) is 29.8 Å². The van der Waals surface area contributed by atoms with E-state index in [4.69, 9.17) is 4.74 Å². The standard InChI is InChI=1S/C20H22N2O4/c1-14(2)20(25)22-17-9-7-15(8-10-17)11-21-19(24)13-26-18-6-4-3-5-16(18)12-23/h3-10,12,14H,11,13H2,1-2H3,(H,21,24)(H,22,25). The van der Waals surface area contributed by atoms with Crippen LogP contribution in [0.15, 0.2) is 48.5 Å². The second kappa shape index (κ2) is 9.36. The van der Waals surface area contributed by atoms with E-state index >= 15 is 0 Å². The van der Waals surface area contributed by atoms with E-state index in [2.05, 4.69) is 10.6 Å². The highest BCUT2D eigenvalue weighted by molar-refractivity contribution is 5.92. The molecule has 2 aromatic carbocycles. The molecule has 2 amide bonds. The number of carbonyl (C=O) groups excluding carboxylic acids is 3. The monoisotopic (exact) mass is 354 g/mol. The predicted molar refractivity (Wildman–Crippen MR) is 99.1 cm³/mol. The molecule has 0 aliphatic heterocycles. The van der Waals surface area contributed by atoms with Gasteiger partial charge < -0.3 is 15.4 Å². The summed E-state index contributed by atoms with van der Waals surface area (Å²) in [5.41, 5.74) is 2.01. The Morgan fingerprint density at radius 3 is 2.42 bits per heavy atom. The average molecular weight is 354 g/mol. The first-order valence-corrected chi connectivity index (χ1v) is 8.33. The quantitative estimate of drug-likeness (QED) is 0.714. The summed E-state index contributed by atoms with van der Waals surface area (Å²) in [6.45, 7) is 3.83. The van der Waals surface area contributed by atoms with Crippen LogP contribution in [0, 0.1) is 5.92 Å². The van der Waals surface area contributed by atoms with Gasteiger partial charge in [0, 0.05) is 18.2 Å². The van der Waals surface area contributed by atoms with Crippen molar-refractivity contribution in [2.75, 3.05) is 11.9 Å². The molecule has 26 heavy (non-hydrogen) atoms. The third-order valence-electron chi connectivity index (χ3n) is 3.64. The summed E-state index contributed by atoms with van der Waals surface area (Å²) in [6, 6.07) is 14.0. The molecule has 0 heterocycles. The van der Waals surface area contributed by atoms with Crippen LogP contribution in [0.1, 0.15) is 29.8 Å². The van der Waals surface area contributed by atoms with Crippen LogP contribution in [-0.2, 0) is 16.1 Å². The Kier molecular flexibility index (Phi) is 6.91.